The number of carbonyl (C=O) groups is 1. The second kappa shape index (κ2) is 6.33. The number of rotatable bonds is 3. The Balaban J connectivity index is 2.02. The molecule has 0 bridgehead atoms. The SMILES string of the molecule is CCn1c(C)cc(C)c(C(=O)Nc2cc(C)c3nc(N)sc3c2)c1=O. The fourth-order valence-corrected chi connectivity index (χ4v) is 3.93. The number of pyridine rings is 1. The Hall–Kier alpha value is -2.67. The predicted molar refractivity (Wildman–Crippen MR) is 103 cm³/mol. The summed E-state index contributed by atoms with van der Waals surface area (Å²) in [7, 11) is 0. The molecule has 0 aliphatic rings. The van der Waals surface area contributed by atoms with Gasteiger partial charge in [0.1, 0.15) is 5.56 Å². The average Bonchev–Trinajstić information content (AvgIpc) is 2.88. The third kappa shape index (κ3) is 3.02. The second-order valence-corrected chi connectivity index (χ2v) is 7.10. The Morgan fingerprint density at radius 1 is 1.24 bits per heavy atom. The highest BCUT2D eigenvalue weighted by Gasteiger charge is 2.18. The van der Waals surface area contributed by atoms with Crippen LogP contribution in [0.1, 0.15) is 34.1 Å². The van der Waals surface area contributed by atoms with Crippen molar-refractivity contribution < 1.29 is 4.79 Å². The minimum absolute atomic E-state index is 0.175. The summed E-state index contributed by atoms with van der Waals surface area (Å²) in [6.07, 6.45) is 0. The molecule has 0 spiro atoms. The second-order valence-electron chi connectivity index (χ2n) is 6.04. The molecule has 0 atom stereocenters. The van der Waals surface area contributed by atoms with Crippen molar-refractivity contribution in [1.82, 2.24) is 9.55 Å². The lowest BCUT2D eigenvalue weighted by Crippen LogP contribution is -2.31. The van der Waals surface area contributed by atoms with E-state index in [1.807, 2.05) is 39.0 Å². The molecule has 2 heterocycles. The molecule has 0 radical (unpaired) electrons. The van der Waals surface area contributed by atoms with Gasteiger partial charge in [0.05, 0.1) is 10.2 Å². The van der Waals surface area contributed by atoms with E-state index >= 15 is 0 Å². The molecule has 1 amide bonds. The zero-order valence-corrected chi connectivity index (χ0v) is 15.5. The van der Waals surface area contributed by atoms with Crippen LogP contribution in [0.3, 0.4) is 0 Å². The first-order chi connectivity index (χ1) is 11.8. The lowest BCUT2D eigenvalue weighted by atomic mass is 10.1. The van der Waals surface area contributed by atoms with Crippen LogP contribution >= 0.6 is 11.3 Å². The van der Waals surface area contributed by atoms with Crippen LogP contribution in [-0.4, -0.2) is 15.5 Å². The van der Waals surface area contributed by atoms with Gasteiger partial charge >= 0.3 is 0 Å². The van der Waals surface area contributed by atoms with E-state index in [1.165, 1.54) is 11.3 Å². The highest BCUT2D eigenvalue weighted by Crippen LogP contribution is 2.29. The van der Waals surface area contributed by atoms with Gasteiger partial charge in [0.2, 0.25) is 0 Å². The molecule has 25 heavy (non-hydrogen) atoms. The van der Waals surface area contributed by atoms with Crippen LogP contribution in [-0.2, 0) is 6.54 Å². The number of aryl methyl sites for hydroxylation is 3. The summed E-state index contributed by atoms with van der Waals surface area (Å²) in [4.78, 5) is 29.6. The Bertz CT molecular complexity index is 1050. The molecular weight excluding hydrogens is 336 g/mol. The first-order valence-corrected chi connectivity index (χ1v) is 8.82. The number of anilines is 2. The summed E-state index contributed by atoms with van der Waals surface area (Å²) in [5.74, 6) is -0.402. The molecule has 3 rings (SSSR count). The molecule has 7 heteroatoms. The summed E-state index contributed by atoms with van der Waals surface area (Å²) >= 11 is 1.37. The van der Waals surface area contributed by atoms with Crippen LogP contribution < -0.4 is 16.6 Å². The molecule has 3 aromatic rings. The average molecular weight is 356 g/mol. The molecule has 0 aliphatic carbocycles. The fraction of sp³-hybridized carbons (Fsp3) is 0.278. The number of fused-ring (bicyclic) bond motifs is 1. The van der Waals surface area contributed by atoms with Gasteiger partial charge in [0.25, 0.3) is 11.5 Å². The standard InChI is InChI=1S/C18H20N4O2S/c1-5-22-11(4)6-9(2)14(17(22)24)16(23)20-12-7-10(3)15-13(8-12)25-18(19)21-15/h6-8H,5H2,1-4H3,(H2,19,21)(H,20,23). The number of nitrogens with two attached hydrogens (primary N) is 1. The van der Waals surface area contributed by atoms with Gasteiger partial charge in [0, 0.05) is 17.9 Å². The number of hydrogen-bond acceptors (Lipinski definition) is 5. The zero-order chi connectivity index (χ0) is 18.3. The molecule has 0 saturated heterocycles. The van der Waals surface area contributed by atoms with E-state index in [9.17, 15) is 9.59 Å². The monoisotopic (exact) mass is 356 g/mol. The molecule has 1 aromatic carbocycles. The molecule has 6 nitrogen and oxygen atoms in total. The van der Waals surface area contributed by atoms with Crippen molar-refractivity contribution in [1.29, 1.82) is 0 Å². The Kier molecular flexibility index (Phi) is 4.34. The quantitative estimate of drug-likeness (QED) is 0.754. The molecule has 0 unspecified atom stereocenters. The molecule has 2 aromatic heterocycles. The first kappa shape index (κ1) is 17.2. The maximum atomic E-state index is 12.7. The molecule has 3 N–H and O–H groups in total. The number of nitrogens with one attached hydrogen (secondary N) is 1. The molecule has 130 valence electrons. The molecule has 0 aliphatic heterocycles. The van der Waals surface area contributed by atoms with Gasteiger partial charge in [-0.25, -0.2) is 4.98 Å². The number of nitrogens with zero attached hydrogens (tertiary/aromatic N) is 2. The van der Waals surface area contributed by atoms with Gasteiger partial charge in [-0.1, -0.05) is 11.3 Å². The summed E-state index contributed by atoms with van der Waals surface area (Å²) in [6, 6.07) is 5.52. The number of benzene rings is 1. The van der Waals surface area contributed by atoms with Crippen LogP contribution in [0.15, 0.2) is 23.0 Å². The van der Waals surface area contributed by atoms with Crippen LogP contribution in [0, 0.1) is 20.8 Å². The van der Waals surface area contributed by atoms with E-state index in [-0.39, 0.29) is 11.1 Å². The molecule has 0 saturated carbocycles. The maximum Gasteiger partial charge on any atom is 0.263 e. The van der Waals surface area contributed by atoms with E-state index in [1.54, 1.807) is 11.5 Å². The topological polar surface area (TPSA) is 90.0 Å². The lowest BCUT2D eigenvalue weighted by Gasteiger charge is -2.13. The van der Waals surface area contributed by atoms with Gasteiger partial charge < -0.3 is 15.6 Å². The minimum atomic E-state index is -0.402. The Morgan fingerprint density at radius 2 is 1.96 bits per heavy atom. The van der Waals surface area contributed by atoms with Crippen molar-refractivity contribution in [2.24, 2.45) is 0 Å². The van der Waals surface area contributed by atoms with Crippen molar-refractivity contribution in [3.05, 3.63) is 50.9 Å². The smallest absolute Gasteiger partial charge is 0.263 e. The molecule has 0 fully saturated rings. The van der Waals surface area contributed by atoms with Crippen LogP contribution in [0.4, 0.5) is 10.8 Å². The highest BCUT2D eigenvalue weighted by atomic mass is 32.1. The van der Waals surface area contributed by atoms with E-state index in [0.29, 0.717) is 22.9 Å². The van der Waals surface area contributed by atoms with Crippen molar-refractivity contribution in [2.75, 3.05) is 11.1 Å². The lowest BCUT2D eigenvalue weighted by molar-refractivity contribution is 0.102. The number of amides is 1. The molecular formula is C18H20N4O2S. The summed E-state index contributed by atoms with van der Waals surface area (Å²) < 4.78 is 2.50. The van der Waals surface area contributed by atoms with E-state index in [0.717, 1.165) is 21.5 Å². The minimum Gasteiger partial charge on any atom is -0.375 e. The van der Waals surface area contributed by atoms with Crippen LogP contribution in [0.25, 0.3) is 10.2 Å². The van der Waals surface area contributed by atoms with E-state index in [2.05, 4.69) is 10.3 Å². The van der Waals surface area contributed by atoms with Gasteiger partial charge in [-0.3, -0.25) is 9.59 Å². The Morgan fingerprint density at radius 3 is 2.64 bits per heavy atom. The van der Waals surface area contributed by atoms with Gasteiger partial charge in [0.15, 0.2) is 5.13 Å². The van der Waals surface area contributed by atoms with Crippen LogP contribution in [0.2, 0.25) is 0 Å². The third-order valence-electron chi connectivity index (χ3n) is 4.21. The fourth-order valence-electron chi connectivity index (χ4n) is 3.08. The normalized spacial score (nSPS) is 11.0. The van der Waals surface area contributed by atoms with Crippen molar-refractivity contribution in [3.8, 4) is 0 Å². The number of aromatic nitrogens is 2. The van der Waals surface area contributed by atoms with Crippen molar-refractivity contribution in [3.63, 3.8) is 0 Å². The van der Waals surface area contributed by atoms with Gasteiger partial charge in [-0.05, 0) is 57.0 Å². The largest absolute Gasteiger partial charge is 0.375 e. The zero-order valence-electron chi connectivity index (χ0n) is 14.6. The highest BCUT2D eigenvalue weighted by molar-refractivity contribution is 7.22. The number of carbonyl (C=O) groups excluding carboxylic acids is 1. The number of hydrogen-bond donors (Lipinski definition) is 2. The van der Waals surface area contributed by atoms with Gasteiger partial charge in [-0.15, -0.1) is 0 Å². The summed E-state index contributed by atoms with van der Waals surface area (Å²) in [5.41, 5.74) is 9.57. The van der Waals surface area contributed by atoms with E-state index < -0.39 is 5.91 Å². The summed E-state index contributed by atoms with van der Waals surface area (Å²) in [5, 5.41) is 3.33. The van der Waals surface area contributed by atoms with Crippen LogP contribution in [0.5, 0.6) is 0 Å². The van der Waals surface area contributed by atoms with Crippen molar-refractivity contribution in [2.45, 2.75) is 34.2 Å². The first-order valence-electron chi connectivity index (χ1n) is 8.00. The number of thiazole rings is 1. The van der Waals surface area contributed by atoms with Gasteiger partial charge in [-0.2, -0.15) is 0 Å². The summed E-state index contributed by atoms with van der Waals surface area (Å²) in [6.45, 7) is 7.97. The van der Waals surface area contributed by atoms with E-state index in [4.69, 9.17) is 5.73 Å². The number of nitrogen functional groups attached to an aromatic ring is 1. The maximum absolute atomic E-state index is 12.7. The Labute approximate surface area is 149 Å². The third-order valence-corrected chi connectivity index (χ3v) is 5.04. The van der Waals surface area contributed by atoms with Crippen molar-refractivity contribution >= 4 is 38.3 Å². The predicted octanol–water partition coefficient (Wildman–Crippen LogP) is 3.24.